The fourth-order valence-corrected chi connectivity index (χ4v) is 2.83. The van der Waals surface area contributed by atoms with Crippen molar-refractivity contribution in [2.75, 3.05) is 13.2 Å². The quantitative estimate of drug-likeness (QED) is 0.865. The number of hydrogen-bond donors (Lipinski definition) is 1. The van der Waals surface area contributed by atoms with E-state index in [0.29, 0.717) is 17.9 Å². The van der Waals surface area contributed by atoms with E-state index >= 15 is 0 Å². The van der Waals surface area contributed by atoms with Crippen LogP contribution in [0.2, 0.25) is 0 Å². The summed E-state index contributed by atoms with van der Waals surface area (Å²) < 4.78 is 20.0. The van der Waals surface area contributed by atoms with Gasteiger partial charge in [0.05, 0.1) is 11.6 Å². The molecule has 2 aromatic rings. The molecule has 2 aromatic carbocycles. The average Bonchev–Trinajstić information content (AvgIpc) is 2.52. The van der Waals surface area contributed by atoms with E-state index in [-0.39, 0.29) is 11.9 Å². The highest BCUT2D eigenvalue weighted by molar-refractivity contribution is 5.46. The predicted octanol–water partition coefficient (Wildman–Crippen LogP) is 3.63. The number of fused-ring (bicyclic) bond motifs is 1. The van der Waals surface area contributed by atoms with Crippen molar-refractivity contribution in [3.63, 3.8) is 0 Å². The number of halogens is 1. The van der Waals surface area contributed by atoms with Crippen LogP contribution in [0.1, 0.15) is 22.7 Å². The number of benzene rings is 2. The highest BCUT2D eigenvalue weighted by Gasteiger charge is 2.26. The molecule has 0 fully saturated rings. The molecule has 0 bridgehead atoms. The summed E-state index contributed by atoms with van der Waals surface area (Å²) in [6.07, 6.45) is 2.63. The molecule has 2 nitrogen and oxygen atoms in total. The van der Waals surface area contributed by atoms with Crippen LogP contribution in [0.3, 0.4) is 0 Å². The van der Waals surface area contributed by atoms with Gasteiger partial charge in [-0.25, -0.2) is 4.39 Å². The van der Waals surface area contributed by atoms with Gasteiger partial charge in [-0.1, -0.05) is 43.0 Å². The molecular weight excluding hydrogens is 265 g/mol. The van der Waals surface area contributed by atoms with Crippen LogP contribution in [0, 0.1) is 5.82 Å². The first-order valence-electron chi connectivity index (χ1n) is 7.14. The van der Waals surface area contributed by atoms with Crippen molar-refractivity contribution in [1.82, 2.24) is 5.32 Å². The third-order valence-corrected chi connectivity index (χ3v) is 3.77. The molecule has 0 saturated carbocycles. The highest BCUT2D eigenvalue weighted by atomic mass is 19.1. The molecule has 1 N–H and O–H groups in total. The van der Waals surface area contributed by atoms with Gasteiger partial charge in [0.2, 0.25) is 0 Å². The van der Waals surface area contributed by atoms with Crippen molar-refractivity contribution < 1.29 is 9.13 Å². The summed E-state index contributed by atoms with van der Waals surface area (Å²) in [5.74, 6) is 0.329. The van der Waals surface area contributed by atoms with Crippen molar-refractivity contribution in [2.24, 2.45) is 0 Å². The smallest absolute Gasteiger partial charge is 0.132 e. The molecule has 3 rings (SSSR count). The summed E-state index contributed by atoms with van der Waals surface area (Å²) >= 11 is 0. The number of rotatable bonds is 4. The molecule has 0 radical (unpaired) electrons. The number of ether oxygens (including phenoxy) is 1. The van der Waals surface area contributed by atoms with Crippen molar-refractivity contribution in [3.05, 3.63) is 77.6 Å². The zero-order chi connectivity index (χ0) is 14.7. The summed E-state index contributed by atoms with van der Waals surface area (Å²) in [5, 5.41) is 3.40. The Morgan fingerprint density at radius 1 is 1.24 bits per heavy atom. The monoisotopic (exact) mass is 283 g/mol. The molecule has 3 heteroatoms. The van der Waals surface area contributed by atoms with Crippen LogP contribution < -0.4 is 10.1 Å². The molecule has 0 amide bonds. The van der Waals surface area contributed by atoms with Gasteiger partial charge in [0.15, 0.2) is 0 Å². The SMILES string of the molecule is C=CCOc1cccc(F)c1C1NCCc2ccccc21. The molecular formula is C18H18FNO. The lowest BCUT2D eigenvalue weighted by Gasteiger charge is -2.28. The van der Waals surface area contributed by atoms with Gasteiger partial charge in [0.1, 0.15) is 18.2 Å². The van der Waals surface area contributed by atoms with Gasteiger partial charge < -0.3 is 10.1 Å². The van der Waals surface area contributed by atoms with Crippen LogP contribution in [0.4, 0.5) is 4.39 Å². The minimum atomic E-state index is -0.245. The van der Waals surface area contributed by atoms with Gasteiger partial charge in [-0.2, -0.15) is 0 Å². The zero-order valence-corrected chi connectivity index (χ0v) is 11.8. The molecule has 0 spiro atoms. The van der Waals surface area contributed by atoms with E-state index in [0.717, 1.165) is 18.5 Å². The van der Waals surface area contributed by atoms with Crippen molar-refractivity contribution >= 4 is 0 Å². The van der Waals surface area contributed by atoms with Crippen LogP contribution >= 0.6 is 0 Å². The van der Waals surface area contributed by atoms with Gasteiger partial charge in [-0.05, 0) is 29.7 Å². The molecule has 1 aliphatic heterocycles. The van der Waals surface area contributed by atoms with E-state index in [9.17, 15) is 4.39 Å². The summed E-state index contributed by atoms with van der Waals surface area (Å²) in [6.45, 7) is 4.84. The van der Waals surface area contributed by atoms with E-state index in [1.807, 2.05) is 12.1 Å². The van der Waals surface area contributed by atoms with Crippen LogP contribution in [0.25, 0.3) is 0 Å². The normalized spacial score (nSPS) is 17.1. The van der Waals surface area contributed by atoms with Crippen LogP contribution in [-0.4, -0.2) is 13.2 Å². The number of nitrogens with one attached hydrogen (secondary N) is 1. The fraction of sp³-hybridized carbons (Fsp3) is 0.222. The summed E-state index contributed by atoms with van der Waals surface area (Å²) in [4.78, 5) is 0. The standard InChI is InChI=1S/C18H18FNO/c1-2-12-21-16-9-5-8-15(19)17(16)18-14-7-4-3-6-13(14)10-11-20-18/h2-9,18,20H,1,10-12H2. The van der Waals surface area contributed by atoms with Crippen LogP contribution in [0.15, 0.2) is 55.1 Å². The van der Waals surface area contributed by atoms with E-state index < -0.39 is 0 Å². The molecule has 1 atom stereocenters. The molecule has 0 aliphatic carbocycles. The Bertz CT molecular complexity index is 653. The summed E-state index contributed by atoms with van der Waals surface area (Å²) in [5.41, 5.74) is 2.96. The van der Waals surface area contributed by atoms with Crippen molar-refractivity contribution in [1.29, 1.82) is 0 Å². The third kappa shape index (κ3) is 2.69. The maximum Gasteiger partial charge on any atom is 0.132 e. The Morgan fingerprint density at radius 3 is 2.95 bits per heavy atom. The van der Waals surface area contributed by atoms with Gasteiger partial charge in [-0.15, -0.1) is 0 Å². The van der Waals surface area contributed by atoms with Crippen LogP contribution in [0.5, 0.6) is 5.75 Å². The van der Waals surface area contributed by atoms with E-state index in [4.69, 9.17) is 4.74 Å². The Kier molecular flexibility index (Phi) is 4.02. The predicted molar refractivity (Wildman–Crippen MR) is 82.1 cm³/mol. The highest BCUT2D eigenvalue weighted by Crippen LogP contribution is 2.35. The lowest BCUT2D eigenvalue weighted by Crippen LogP contribution is -2.31. The van der Waals surface area contributed by atoms with E-state index in [1.165, 1.54) is 11.6 Å². The van der Waals surface area contributed by atoms with Crippen molar-refractivity contribution in [3.8, 4) is 5.75 Å². The lowest BCUT2D eigenvalue weighted by molar-refractivity contribution is 0.350. The first kappa shape index (κ1) is 13.8. The topological polar surface area (TPSA) is 21.3 Å². The molecule has 21 heavy (non-hydrogen) atoms. The maximum atomic E-state index is 14.4. The Morgan fingerprint density at radius 2 is 2.10 bits per heavy atom. The van der Waals surface area contributed by atoms with Gasteiger partial charge in [-0.3, -0.25) is 0 Å². The van der Waals surface area contributed by atoms with Crippen molar-refractivity contribution in [2.45, 2.75) is 12.5 Å². The van der Waals surface area contributed by atoms with Gasteiger partial charge >= 0.3 is 0 Å². The molecule has 1 heterocycles. The van der Waals surface area contributed by atoms with Gasteiger partial charge in [0, 0.05) is 6.54 Å². The third-order valence-electron chi connectivity index (χ3n) is 3.77. The molecule has 0 saturated heterocycles. The minimum absolute atomic E-state index is 0.170. The van der Waals surface area contributed by atoms with Gasteiger partial charge in [0.25, 0.3) is 0 Å². The number of hydrogen-bond acceptors (Lipinski definition) is 2. The zero-order valence-electron chi connectivity index (χ0n) is 11.8. The lowest BCUT2D eigenvalue weighted by atomic mass is 9.89. The fourth-order valence-electron chi connectivity index (χ4n) is 2.83. The Hall–Kier alpha value is -2.13. The molecule has 108 valence electrons. The second-order valence-electron chi connectivity index (χ2n) is 5.09. The Balaban J connectivity index is 2.07. The Labute approximate surface area is 124 Å². The molecule has 1 unspecified atom stereocenters. The van der Waals surface area contributed by atoms with Crippen LogP contribution in [-0.2, 0) is 6.42 Å². The second-order valence-corrected chi connectivity index (χ2v) is 5.09. The van der Waals surface area contributed by atoms with E-state index in [1.54, 1.807) is 18.2 Å². The van der Waals surface area contributed by atoms with E-state index in [2.05, 4.69) is 24.0 Å². The minimum Gasteiger partial charge on any atom is -0.489 e. The second kappa shape index (κ2) is 6.10. The molecule has 0 aromatic heterocycles. The first-order valence-corrected chi connectivity index (χ1v) is 7.14. The first-order chi connectivity index (χ1) is 10.3. The molecule has 1 aliphatic rings. The summed E-state index contributed by atoms with van der Waals surface area (Å²) in [7, 11) is 0. The largest absolute Gasteiger partial charge is 0.489 e. The maximum absolute atomic E-state index is 14.4. The summed E-state index contributed by atoms with van der Waals surface area (Å²) in [6, 6.07) is 13.0. The average molecular weight is 283 g/mol.